The maximum absolute atomic E-state index is 10.9. The molecule has 1 heterocycles. The summed E-state index contributed by atoms with van der Waals surface area (Å²) in [5.74, 6) is -0.216. The Kier molecular flexibility index (Phi) is 2.23. The van der Waals surface area contributed by atoms with Crippen LogP contribution in [0.3, 0.4) is 0 Å². The van der Waals surface area contributed by atoms with E-state index in [0.717, 1.165) is 6.07 Å². The fourth-order valence-electron chi connectivity index (χ4n) is 0.802. The number of aromatic amines is 1. The van der Waals surface area contributed by atoms with E-state index >= 15 is 0 Å². The Hall–Kier alpha value is -1.65. The van der Waals surface area contributed by atoms with Gasteiger partial charge in [-0.25, -0.2) is 4.98 Å². The van der Waals surface area contributed by atoms with Gasteiger partial charge in [0.2, 0.25) is 0 Å². The summed E-state index contributed by atoms with van der Waals surface area (Å²) in [6.07, 6.45) is 0.566. The number of rotatable bonds is 2. The third-order valence-corrected chi connectivity index (χ3v) is 1.38. The average molecular weight is 167 g/mol. The molecule has 0 saturated heterocycles. The van der Waals surface area contributed by atoms with Crippen LogP contribution in [0.4, 0.5) is 0 Å². The van der Waals surface area contributed by atoms with Crippen molar-refractivity contribution in [2.45, 2.75) is 13.3 Å². The molecule has 0 aliphatic carbocycles. The zero-order chi connectivity index (χ0) is 9.14. The molecular weight excluding hydrogens is 158 g/mol. The van der Waals surface area contributed by atoms with Gasteiger partial charge in [-0.15, -0.1) is 0 Å². The molecule has 0 aliphatic heterocycles. The lowest BCUT2D eigenvalue weighted by atomic mass is 10.3. The third kappa shape index (κ3) is 1.69. The second-order valence-electron chi connectivity index (χ2n) is 2.30. The van der Waals surface area contributed by atoms with Crippen molar-refractivity contribution in [3.8, 4) is 0 Å². The van der Waals surface area contributed by atoms with Crippen LogP contribution in [0.1, 0.15) is 23.2 Å². The molecule has 3 N–H and O–H groups in total. The molecule has 0 fully saturated rings. The van der Waals surface area contributed by atoms with Gasteiger partial charge >= 0.3 is 0 Å². The maximum atomic E-state index is 10.9. The molecule has 0 bridgehead atoms. The number of H-pyrrole nitrogens is 1. The van der Waals surface area contributed by atoms with E-state index in [2.05, 4.69) is 9.97 Å². The van der Waals surface area contributed by atoms with Gasteiger partial charge < -0.3 is 10.7 Å². The molecule has 0 aromatic carbocycles. The first-order valence-electron chi connectivity index (χ1n) is 3.53. The van der Waals surface area contributed by atoms with Gasteiger partial charge in [-0.2, -0.15) is 0 Å². The van der Waals surface area contributed by atoms with E-state index < -0.39 is 5.91 Å². The summed E-state index contributed by atoms with van der Waals surface area (Å²) < 4.78 is 0. The number of amides is 1. The van der Waals surface area contributed by atoms with Crippen molar-refractivity contribution in [3.05, 3.63) is 27.9 Å². The summed E-state index contributed by atoms with van der Waals surface area (Å²) in [6, 6.07) is 1.08. The molecule has 64 valence electrons. The van der Waals surface area contributed by atoms with E-state index in [0.29, 0.717) is 12.2 Å². The molecule has 0 atom stereocenters. The van der Waals surface area contributed by atoms with Crippen molar-refractivity contribution in [2.75, 3.05) is 0 Å². The van der Waals surface area contributed by atoms with Crippen molar-refractivity contribution in [3.63, 3.8) is 0 Å². The lowest BCUT2D eigenvalue weighted by Gasteiger charge is -1.97. The maximum Gasteiger partial charge on any atom is 0.267 e. The number of nitrogens with two attached hydrogens (primary N) is 1. The average Bonchev–Trinajstić information content (AvgIpc) is 2.03. The van der Waals surface area contributed by atoms with Crippen LogP contribution < -0.4 is 11.3 Å². The minimum atomic E-state index is -0.684. The van der Waals surface area contributed by atoms with Crippen molar-refractivity contribution in [1.82, 2.24) is 9.97 Å². The smallest absolute Gasteiger partial charge is 0.267 e. The molecule has 0 unspecified atom stereocenters. The van der Waals surface area contributed by atoms with Gasteiger partial charge in [-0.3, -0.25) is 9.59 Å². The fraction of sp³-hybridized carbons (Fsp3) is 0.286. The van der Waals surface area contributed by atoms with Crippen molar-refractivity contribution in [1.29, 1.82) is 0 Å². The highest BCUT2D eigenvalue weighted by molar-refractivity contribution is 5.90. The van der Waals surface area contributed by atoms with E-state index in [4.69, 9.17) is 5.73 Å². The second-order valence-corrected chi connectivity index (χ2v) is 2.30. The van der Waals surface area contributed by atoms with E-state index in [1.807, 2.05) is 6.92 Å². The molecule has 5 nitrogen and oxygen atoms in total. The molecule has 0 radical (unpaired) electrons. The van der Waals surface area contributed by atoms with Crippen molar-refractivity contribution < 1.29 is 4.79 Å². The molecule has 1 aromatic rings. The zero-order valence-corrected chi connectivity index (χ0v) is 6.63. The minimum absolute atomic E-state index is 0.00981. The van der Waals surface area contributed by atoms with Gasteiger partial charge in [0.05, 0.1) is 0 Å². The highest BCUT2D eigenvalue weighted by Gasteiger charge is 2.04. The van der Waals surface area contributed by atoms with Gasteiger partial charge in [0.1, 0.15) is 11.5 Å². The first-order chi connectivity index (χ1) is 5.63. The standard InChI is InChI=1S/C7H9N3O2/c1-2-5-9-4(7(8)12)3-6(11)10-5/h3H,2H2,1H3,(H2,8,12)(H,9,10,11). The molecule has 5 heteroatoms. The van der Waals surface area contributed by atoms with E-state index in [9.17, 15) is 9.59 Å². The highest BCUT2D eigenvalue weighted by Crippen LogP contribution is 1.90. The van der Waals surface area contributed by atoms with Crippen LogP contribution in [0.2, 0.25) is 0 Å². The normalized spacial score (nSPS) is 9.75. The topological polar surface area (TPSA) is 88.8 Å². The molecule has 1 amide bonds. The Morgan fingerprint density at radius 1 is 1.75 bits per heavy atom. The number of aromatic nitrogens is 2. The molecule has 0 spiro atoms. The number of primary amides is 1. The highest BCUT2D eigenvalue weighted by atomic mass is 16.1. The molecule has 0 aliphatic rings. The minimum Gasteiger partial charge on any atom is -0.364 e. The number of carbonyl (C=O) groups is 1. The second kappa shape index (κ2) is 3.17. The fourth-order valence-corrected chi connectivity index (χ4v) is 0.802. The Bertz CT molecular complexity index is 356. The quantitative estimate of drug-likeness (QED) is 0.618. The first-order valence-corrected chi connectivity index (χ1v) is 3.53. The number of hydrogen-bond acceptors (Lipinski definition) is 3. The van der Waals surface area contributed by atoms with Crippen LogP contribution in [0, 0.1) is 0 Å². The first kappa shape index (κ1) is 8.45. The molecule has 1 rings (SSSR count). The lowest BCUT2D eigenvalue weighted by molar-refractivity contribution is 0.0995. The van der Waals surface area contributed by atoms with Gasteiger partial charge in [-0.05, 0) is 0 Å². The Morgan fingerprint density at radius 2 is 2.42 bits per heavy atom. The van der Waals surface area contributed by atoms with E-state index in [-0.39, 0.29) is 11.3 Å². The van der Waals surface area contributed by atoms with Gasteiger partial charge in [0.25, 0.3) is 11.5 Å². The molecule has 1 aromatic heterocycles. The van der Waals surface area contributed by atoms with Gasteiger partial charge in [0, 0.05) is 12.5 Å². The van der Waals surface area contributed by atoms with Gasteiger partial charge in [-0.1, -0.05) is 6.92 Å². The Balaban J connectivity index is 3.24. The molecule has 12 heavy (non-hydrogen) atoms. The number of nitrogens with one attached hydrogen (secondary N) is 1. The number of aryl methyl sites for hydroxylation is 1. The van der Waals surface area contributed by atoms with Crippen molar-refractivity contribution in [2.24, 2.45) is 5.73 Å². The Labute approximate surface area is 68.6 Å². The largest absolute Gasteiger partial charge is 0.364 e. The van der Waals surface area contributed by atoms with Gasteiger partial charge in [0.15, 0.2) is 0 Å². The van der Waals surface area contributed by atoms with Crippen LogP contribution in [-0.2, 0) is 6.42 Å². The van der Waals surface area contributed by atoms with Crippen LogP contribution >= 0.6 is 0 Å². The van der Waals surface area contributed by atoms with Crippen molar-refractivity contribution >= 4 is 5.91 Å². The Morgan fingerprint density at radius 3 is 2.92 bits per heavy atom. The summed E-state index contributed by atoms with van der Waals surface area (Å²) in [5, 5.41) is 0. The van der Waals surface area contributed by atoms with Crippen LogP contribution in [0.25, 0.3) is 0 Å². The summed E-state index contributed by atoms with van der Waals surface area (Å²) >= 11 is 0. The summed E-state index contributed by atoms with van der Waals surface area (Å²) in [4.78, 5) is 27.8. The van der Waals surface area contributed by atoms with Crippen LogP contribution in [0.15, 0.2) is 10.9 Å². The third-order valence-electron chi connectivity index (χ3n) is 1.38. The predicted molar refractivity (Wildman–Crippen MR) is 42.8 cm³/mol. The number of hydrogen-bond donors (Lipinski definition) is 2. The summed E-state index contributed by atoms with van der Waals surface area (Å²) in [6.45, 7) is 1.82. The lowest BCUT2D eigenvalue weighted by Crippen LogP contribution is -2.20. The van der Waals surface area contributed by atoms with Crippen LogP contribution in [-0.4, -0.2) is 15.9 Å². The van der Waals surface area contributed by atoms with Crippen LogP contribution in [0.5, 0.6) is 0 Å². The van der Waals surface area contributed by atoms with E-state index in [1.54, 1.807) is 0 Å². The monoisotopic (exact) mass is 167 g/mol. The summed E-state index contributed by atoms with van der Waals surface area (Å²) in [5.41, 5.74) is 4.61. The van der Waals surface area contributed by atoms with E-state index in [1.165, 1.54) is 0 Å². The molecule has 0 saturated carbocycles. The number of nitrogens with zero attached hydrogens (tertiary/aromatic N) is 1. The zero-order valence-electron chi connectivity index (χ0n) is 6.63. The molecular formula is C7H9N3O2. The number of carbonyl (C=O) groups excluding carboxylic acids is 1. The SMILES string of the molecule is CCc1nc(C(N)=O)cc(=O)[nH]1. The predicted octanol–water partition coefficient (Wildman–Crippen LogP) is -0.569. The summed E-state index contributed by atoms with van der Waals surface area (Å²) in [7, 11) is 0.